The Kier molecular flexibility index (Phi) is 6.26. The lowest BCUT2D eigenvalue weighted by atomic mass is 10.1. The van der Waals surface area contributed by atoms with Gasteiger partial charge in [-0.15, -0.1) is 0 Å². The number of aromatic nitrogens is 2. The topological polar surface area (TPSA) is 116 Å². The average molecular weight is 454 g/mol. The Morgan fingerprint density at radius 2 is 1.68 bits per heavy atom. The highest BCUT2D eigenvalue weighted by Crippen LogP contribution is 2.31. The molecule has 5 rings (SSSR count). The van der Waals surface area contributed by atoms with E-state index in [1.165, 1.54) is 0 Å². The van der Waals surface area contributed by atoms with Crippen molar-refractivity contribution in [1.29, 1.82) is 0 Å². The molecule has 4 N–H and O–H groups in total. The van der Waals surface area contributed by atoms with Crippen LogP contribution in [0.3, 0.4) is 0 Å². The standard InChI is InChI=1S/C25H23N7O2/c33-25(30-19-4-2-1-3-5-19)31-20-8-6-17(7-9-20)10-15-27-22-21-24(29-16-28-22)34-23(32-21)18-11-13-26-14-12-18/h1-9,11-14,16,22,27H,10,15H2,(H,28,29)(H2,30,31,33). The normalized spacial score (nSPS) is 14.2. The van der Waals surface area contributed by atoms with Gasteiger partial charge in [0, 0.05) is 35.9 Å². The molecular weight excluding hydrogens is 430 g/mol. The zero-order chi connectivity index (χ0) is 23.2. The molecule has 2 aromatic heterocycles. The molecule has 2 aromatic carbocycles. The molecule has 9 heteroatoms. The van der Waals surface area contributed by atoms with E-state index in [1.807, 2.05) is 66.7 Å². The Balaban J connectivity index is 1.14. The number of carbonyl (C=O) groups is 1. The summed E-state index contributed by atoms with van der Waals surface area (Å²) >= 11 is 0. The second-order valence-electron chi connectivity index (χ2n) is 7.64. The summed E-state index contributed by atoms with van der Waals surface area (Å²) < 4.78 is 5.85. The summed E-state index contributed by atoms with van der Waals surface area (Å²) in [4.78, 5) is 25.2. The van der Waals surface area contributed by atoms with Gasteiger partial charge in [-0.3, -0.25) is 10.3 Å². The number of aliphatic imine (C=N–C) groups is 1. The monoisotopic (exact) mass is 453 g/mol. The second-order valence-corrected chi connectivity index (χ2v) is 7.64. The van der Waals surface area contributed by atoms with Crippen molar-refractivity contribution >= 4 is 29.6 Å². The summed E-state index contributed by atoms with van der Waals surface area (Å²) in [6.45, 7) is 0.695. The van der Waals surface area contributed by atoms with E-state index in [9.17, 15) is 4.79 Å². The van der Waals surface area contributed by atoms with Gasteiger partial charge in [0.05, 0.1) is 6.34 Å². The number of hydrogen-bond donors (Lipinski definition) is 4. The molecule has 4 aromatic rings. The van der Waals surface area contributed by atoms with Crippen LogP contribution in [0.4, 0.5) is 22.1 Å². The maximum Gasteiger partial charge on any atom is 0.323 e. The van der Waals surface area contributed by atoms with Gasteiger partial charge in [0.25, 0.3) is 0 Å². The molecule has 9 nitrogen and oxygen atoms in total. The number of fused-ring (bicyclic) bond motifs is 1. The Labute approximate surface area is 196 Å². The van der Waals surface area contributed by atoms with E-state index in [0.717, 1.165) is 34.6 Å². The third-order valence-corrected chi connectivity index (χ3v) is 5.25. The first-order valence-corrected chi connectivity index (χ1v) is 10.9. The number of nitrogens with one attached hydrogen (secondary N) is 4. The third kappa shape index (κ3) is 5.11. The summed E-state index contributed by atoms with van der Waals surface area (Å²) in [6.07, 6.45) is 5.52. The molecule has 0 bridgehead atoms. The molecular formula is C25H23N7O2. The third-order valence-electron chi connectivity index (χ3n) is 5.25. The fourth-order valence-corrected chi connectivity index (χ4v) is 3.55. The summed E-state index contributed by atoms with van der Waals surface area (Å²) in [5.74, 6) is 1.11. The van der Waals surface area contributed by atoms with Gasteiger partial charge in [0.1, 0.15) is 11.9 Å². The van der Waals surface area contributed by atoms with E-state index < -0.39 is 0 Å². The van der Waals surface area contributed by atoms with Crippen LogP contribution < -0.4 is 21.3 Å². The first-order valence-electron chi connectivity index (χ1n) is 10.9. The Bertz CT molecular complexity index is 1270. The molecule has 0 spiro atoms. The molecule has 0 radical (unpaired) electrons. The first kappa shape index (κ1) is 21.4. The minimum absolute atomic E-state index is 0.279. The number of urea groups is 1. The molecule has 1 atom stereocenters. The molecule has 1 aliphatic heterocycles. The van der Waals surface area contributed by atoms with E-state index in [0.29, 0.717) is 18.3 Å². The van der Waals surface area contributed by atoms with Crippen LogP contribution >= 0.6 is 0 Å². The predicted octanol–water partition coefficient (Wildman–Crippen LogP) is 4.67. The van der Waals surface area contributed by atoms with E-state index in [-0.39, 0.29) is 12.2 Å². The van der Waals surface area contributed by atoms with Crippen LogP contribution in [-0.4, -0.2) is 28.9 Å². The highest BCUT2D eigenvalue weighted by atomic mass is 16.4. The van der Waals surface area contributed by atoms with Crippen LogP contribution in [0.15, 0.2) is 88.5 Å². The minimum atomic E-state index is -0.293. The number of anilines is 3. The maximum absolute atomic E-state index is 12.1. The molecule has 0 saturated heterocycles. The molecule has 34 heavy (non-hydrogen) atoms. The van der Waals surface area contributed by atoms with Crippen LogP contribution in [-0.2, 0) is 6.42 Å². The van der Waals surface area contributed by atoms with Crippen molar-refractivity contribution in [3.05, 3.63) is 90.4 Å². The zero-order valence-corrected chi connectivity index (χ0v) is 18.2. The van der Waals surface area contributed by atoms with E-state index in [1.54, 1.807) is 18.7 Å². The number of pyridine rings is 1. The van der Waals surface area contributed by atoms with Crippen molar-refractivity contribution < 1.29 is 9.21 Å². The van der Waals surface area contributed by atoms with E-state index in [4.69, 9.17) is 4.42 Å². The lowest BCUT2D eigenvalue weighted by Crippen LogP contribution is -2.26. The molecule has 0 saturated carbocycles. The molecule has 170 valence electrons. The zero-order valence-electron chi connectivity index (χ0n) is 18.2. The predicted molar refractivity (Wildman–Crippen MR) is 132 cm³/mol. The summed E-state index contributed by atoms with van der Waals surface area (Å²) in [5, 5.41) is 12.1. The highest BCUT2D eigenvalue weighted by Gasteiger charge is 2.24. The Morgan fingerprint density at radius 1 is 0.941 bits per heavy atom. The van der Waals surface area contributed by atoms with Crippen LogP contribution in [0.5, 0.6) is 0 Å². The van der Waals surface area contributed by atoms with Crippen molar-refractivity contribution in [2.24, 2.45) is 4.99 Å². The van der Waals surface area contributed by atoms with Crippen LogP contribution in [0.25, 0.3) is 11.5 Å². The van der Waals surface area contributed by atoms with Gasteiger partial charge in [0.15, 0.2) is 0 Å². The van der Waals surface area contributed by atoms with E-state index >= 15 is 0 Å². The van der Waals surface area contributed by atoms with Gasteiger partial charge in [0.2, 0.25) is 11.8 Å². The SMILES string of the molecule is O=C(Nc1ccccc1)Nc1ccc(CCNC2N=CNc3oc(-c4ccncc4)nc32)cc1. The number of para-hydroxylation sites is 1. The number of carbonyl (C=O) groups excluding carboxylic acids is 1. The molecule has 1 unspecified atom stereocenters. The summed E-state index contributed by atoms with van der Waals surface area (Å²) in [6, 6.07) is 20.5. The van der Waals surface area contributed by atoms with Crippen molar-refractivity contribution in [3.8, 4) is 11.5 Å². The highest BCUT2D eigenvalue weighted by molar-refractivity contribution is 5.99. The summed E-state index contributed by atoms with van der Waals surface area (Å²) in [5.41, 5.74) is 4.18. The average Bonchev–Trinajstić information content (AvgIpc) is 3.32. The Hall–Kier alpha value is -4.50. The maximum atomic E-state index is 12.1. The number of amides is 2. The quantitative estimate of drug-likeness (QED) is 0.323. The van der Waals surface area contributed by atoms with Crippen LogP contribution in [0.1, 0.15) is 17.4 Å². The van der Waals surface area contributed by atoms with E-state index in [2.05, 4.69) is 36.2 Å². The van der Waals surface area contributed by atoms with Gasteiger partial charge in [-0.1, -0.05) is 30.3 Å². The summed E-state index contributed by atoms with van der Waals surface area (Å²) in [7, 11) is 0. The fraction of sp³-hybridized carbons (Fsp3) is 0.120. The largest absolute Gasteiger partial charge is 0.420 e. The lowest BCUT2D eigenvalue weighted by molar-refractivity contribution is 0.262. The van der Waals surface area contributed by atoms with Gasteiger partial charge in [-0.2, -0.15) is 0 Å². The number of nitrogens with zero attached hydrogens (tertiary/aromatic N) is 3. The fourth-order valence-electron chi connectivity index (χ4n) is 3.55. The molecule has 0 aliphatic carbocycles. The van der Waals surface area contributed by atoms with Gasteiger partial charge in [-0.05, 0) is 48.4 Å². The van der Waals surface area contributed by atoms with Gasteiger partial charge >= 0.3 is 6.03 Å². The van der Waals surface area contributed by atoms with Crippen LogP contribution in [0.2, 0.25) is 0 Å². The van der Waals surface area contributed by atoms with Crippen molar-refractivity contribution in [3.63, 3.8) is 0 Å². The number of rotatable bonds is 7. The number of hydrogen-bond acceptors (Lipinski definition) is 7. The van der Waals surface area contributed by atoms with Crippen molar-refractivity contribution in [2.75, 3.05) is 22.5 Å². The molecule has 2 amide bonds. The first-order chi connectivity index (χ1) is 16.7. The van der Waals surface area contributed by atoms with Crippen LogP contribution in [0, 0.1) is 0 Å². The van der Waals surface area contributed by atoms with Crippen molar-refractivity contribution in [2.45, 2.75) is 12.6 Å². The van der Waals surface area contributed by atoms with Gasteiger partial charge < -0.3 is 20.4 Å². The second kappa shape index (κ2) is 9.97. The number of benzene rings is 2. The van der Waals surface area contributed by atoms with Gasteiger partial charge in [-0.25, -0.2) is 14.8 Å². The minimum Gasteiger partial charge on any atom is -0.420 e. The lowest BCUT2D eigenvalue weighted by Gasteiger charge is -2.16. The molecule has 3 heterocycles. The molecule has 0 fully saturated rings. The molecule has 1 aliphatic rings. The smallest absolute Gasteiger partial charge is 0.323 e. The van der Waals surface area contributed by atoms with Crippen molar-refractivity contribution in [1.82, 2.24) is 15.3 Å². The number of oxazole rings is 1. The Morgan fingerprint density at radius 3 is 2.44 bits per heavy atom.